The lowest BCUT2D eigenvalue weighted by molar-refractivity contribution is 0.0234. The van der Waals surface area contributed by atoms with Crippen molar-refractivity contribution in [2.24, 2.45) is 5.92 Å². The maximum atomic E-state index is 12.7. The van der Waals surface area contributed by atoms with Crippen molar-refractivity contribution < 1.29 is 14.3 Å². The number of aliphatic hydroxyl groups is 1. The molecular formula is C18H20N2O3. The van der Waals surface area contributed by atoms with Gasteiger partial charge in [0, 0.05) is 5.92 Å². The summed E-state index contributed by atoms with van der Waals surface area (Å²) in [5, 5.41) is 12.7. The number of rotatable bonds is 5. The molecule has 2 N–H and O–H groups in total. The standard InChI is InChI=1S/C18H20N2O3/c21-14-8-13(9-14)15(11-4-2-1-3-5-11)20-18(22)16-17(12-6-7-12)23-10-19-16/h1-5,10,12-15,21H,6-9H2,(H,20,22). The van der Waals surface area contributed by atoms with Gasteiger partial charge in [-0.1, -0.05) is 30.3 Å². The van der Waals surface area contributed by atoms with E-state index in [1.807, 2.05) is 30.3 Å². The van der Waals surface area contributed by atoms with Crippen LogP contribution in [0.5, 0.6) is 0 Å². The third-order valence-corrected chi connectivity index (χ3v) is 4.82. The molecule has 2 aromatic rings. The number of nitrogens with one attached hydrogen (secondary N) is 1. The number of amides is 1. The van der Waals surface area contributed by atoms with Gasteiger partial charge in [0.25, 0.3) is 5.91 Å². The van der Waals surface area contributed by atoms with Gasteiger partial charge in [-0.05, 0) is 37.2 Å². The summed E-state index contributed by atoms with van der Waals surface area (Å²) in [4.78, 5) is 16.8. The van der Waals surface area contributed by atoms with Crippen molar-refractivity contribution in [2.75, 3.05) is 0 Å². The Labute approximate surface area is 134 Å². The van der Waals surface area contributed by atoms with Crippen LogP contribution in [0.2, 0.25) is 0 Å². The van der Waals surface area contributed by atoms with Gasteiger partial charge in [-0.3, -0.25) is 4.79 Å². The smallest absolute Gasteiger partial charge is 0.274 e. The highest BCUT2D eigenvalue weighted by atomic mass is 16.3. The highest BCUT2D eigenvalue weighted by molar-refractivity contribution is 5.93. The minimum atomic E-state index is -0.253. The van der Waals surface area contributed by atoms with E-state index >= 15 is 0 Å². The summed E-state index contributed by atoms with van der Waals surface area (Å²) in [6, 6.07) is 9.82. The minimum Gasteiger partial charge on any atom is -0.447 e. The van der Waals surface area contributed by atoms with E-state index < -0.39 is 0 Å². The number of carbonyl (C=O) groups is 1. The second-order valence-electron chi connectivity index (χ2n) is 6.59. The van der Waals surface area contributed by atoms with Gasteiger partial charge in [0.2, 0.25) is 0 Å². The van der Waals surface area contributed by atoms with Crippen LogP contribution in [0.4, 0.5) is 0 Å². The van der Waals surface area contributed by atoms with E-state index in [0.717, 1.165) is 18.4 Å². The van der Waals surface area contributed by atoms with Crippen LogP contribution in [-0.2, 0) is 0 Å². The summed E-state index contributed by atoms with van der Waals surface area (Å²) < 4.78 is 5.40. The van der Waals surface area contributed by atoms with Crippen LogP contribution in [-0.4, -0.2) is 22.1 Å². The molecular weight excluding hydrogens is 292 g/mol. The van der Waals surface area contributed by atoms with E-state index in [1.54, 1.807) is 0 Å². The Morgan fingerprint density at radius 3 is 2.65 bits per heavy atom. The fourth-order valence-electron chi connectivity index (χ4n) is 3.31. The predicted octanol–water partition coefficient (Wildman–Crippen LogP) is 2.79. The highest BCUT2D eigenvalue weighted by Crippen LogP contribution is 2.42. The molecule has 1 amide bonds. The Morgan fingerprint density at radius 2 is 2.00 bits per heavy atom. The van der Waals surface area contributed by atoms with Gasteiger partial charge in [0.15, 0.2) is 12.1 Å². The SMILES string of the molecule is O=C(NC(c1ccccc1)C1CC(O)C1)c1ncoc1C1CC1. The van der Waals surface area contributed by atoms with Crippen molar-refractivity contribution >= 4 is 5.91 Å². The molecule has 2 aliphatic carbocycles. The van der Waals surface area contributed by atoms with E-state index in [0.29, 0.717) is 30.2 Å². The zero-order chi connectivity index (χ0) is 15.8. The van der Waals surface area contributed by atoms with Gasteiger partial charge in [0.05, 0.1) is 12.1 Å². The molecule has 2 aliphatic rings. The second kappa shape index (κ2) is 5.81. The lowest BCUT2D eigenvalue weighted by Crippen LogP contribution is -2.41. The number of carbonyl (C=O) groups excluding carboxylic acids is 1. The third kappa shape index (κ3) is 2.88. The number of hydrogen-bond acceptors (Lipinski definition) is 4. The van der Waals surface area contributed by atoms with Crippen LogP contribution in [0.1, 0.15) is 59.5 Å². The van der Waals surface area contributed by atoms with E-state index in [2.05, 4.69) is 10.3 Å². The molecule has 0 saturated heterocycles. The summed E-state index contributed by atoms with van der Waals surface area (Å²) in [6.07, 6.45) is 4.66. The Kier molecular flexibility index (Phi) is 3.65. The molecule has 4 rings (SSSR count). The van der Waals surface area contributed by atoms with Gasteiger partial charge in [-0.2, -0.15) is 0 Å². The molecule has 0 bridgehead atoms. The van der Waals surface area contributed by atoms with Crippen molar-refractivity contribution in [3.63, 3.8) is 0 Å². The summed E-state index contributed by atoms with van der Waals surface area (Å²) >= 11 is 0. The van der Waals surface area contributed by atoms with Crippen molar-refractivity contribution in [3.05, 3.63) is 53.7 Å². The van der Waals surface area contributed by atoms with E-state index in [-0.39, 0.29) is 24.0 Å². The van der Waals surface area contributed by atoms with Crippen LogP contribution >= 0.6 is 0 Å². The van der Waals surface area contributed by atoms with Crippen LogP contribution in [0, 0.1) is 5.92 Å². The summed E-state index contributed by atoms with van der Waals surface area (Å²) in [7, 11) is 0. The Morgan fingerprint density at radius 1 is 1.26 bits per heavy atom. The van der Waals surface area contributed by atoms with Crippen LogP contribution < -0.4 is 5.32 Å². The maximum absolute atomic E-state index is 12.7. The predicted molar refractivity (Wildman–Crippen MR) is 83.9 cm³/mol. The first kappa shape index (κ1) is 14.5. The molecule has 2 fully saturated rings. The Bertz CT molecular complexity index is 687. The average molecular weight is 312 g/mol. The first-order chi connectivity index (χ1) is 11.2. The fourth-order valence-corrected chi connectivity index (χ4v) is 3.31. The molecule has 0 aliphatic heterocycles. The lowest BCUT2D eigenvalue weighted by atomic mass is 9.75. The molecule has 120 valence electrons. The quantitative estimate of drug-likeness (QED) is 0.890. The highest BCUT2D eigenvalue weighted by Gasteiger charge is 2.37. The molecule has 0 spiro atoms. The first-order valence-corrected chi connectivity index (χ1v) is 8.19. The summed E-state index contributed by atoms with van der Waals surface area (Å²) in [5.41, 5.74) is 1.47. The molecule has 1 unspecified atom stereocenters. The molecule has 2 saturated carbocycles. The van der Waals surface area contributed by atoms with E-state index in [1.165, 1.54) is 6.39 Å². The maximum Gasteiger partial charge on any atom is 0.274 e. The Balaban J connectivity index is 1.55. The molecule has 23 heavy (non-hydrogen) atoms. The number of nitrogens with zero attached hydrogens (tertiary/aromatic N) is 1. The van der Waals surface area contributed by atoms with Crippen molar-refractivity contribution in [2.45, 2.75) is 43.7 Å². The molecule has 1 aromatic carbocycles. The topological polar surface area (TPSA) is 75.4 Å². The molecule has 5 heteroatoms. The van der Waals surface area contributed by atoms with Gasteiger partial charge in [-0.25, -0.2) is 4.98 Å². The van der Waals surface area contributed by atoms with E-state index in [9.17, 15) is 9.90 Å². The fraction of sp³-hybridized carbons (Fsp3) is 0.444. The number of aliphatic hydroxyl groups excluding tert-OH is 1. The van der Waals surface area contributed by atoms with Gasteiger partial charge in [-0.15, -0.1) is 0 Å². The van der Waals surface area contributed by atoms with Crippen molar-refractivity contribution in [1.82, 2.24) is 10.3 Å². The summed E-state index contributed by atoms with van der Waals surface area (Å²) in [6.45, 7) is 0. The molecule has 1 atom stereocenters. The Hall–Kier alpha value is -2.14. The van der Waals surface area contributed by atoms with Crippen LogP contribution in [0.25, 0.3) is 0 Å². The zero-order valence-corrected chi connectivity index (χ0v) is 12.8. The van der Waals surface area contributed by atoms with Crippen molar-refractivity contribution in [1.29, 1.82) is 0 Å². The normalized spacial score (nSPS) is 24.7. The van der Waals surface area contributed by atoms with Crippen molar-refractivity contribution in [3.8, 4) is 0 Å². The lowest BCUT2D eigenvalue weighted by Gasteiger charge is -2.38. The minimum absolute atomic E-state index is 0.101. The molecule has 5 nitrogen and oxygen atoms in total. The number of hydrogen-bond donors (Lipinski definition) is 2. The number of aromatic nitrogens is 1. The van der Waals surface area contributed by atoms with Gasteiger partial charge in [0.1, 0.15) is 5.76 Å². The zero-order valence-electron chi connectivity index (χ0n) is 12.8. The average Bonchev–Trinajstić information content (AvgIpc) is 3.27. The van der Waals surface area contributed by atoms with Gasteiger partial charge >= 0.3 is 0 Å². The summed E-state index contributed by atoms with van der Waals surface area (Å²) in [5.74, 6) is 1.13. The largest absolute Gasteiger partial charge is 0.447 e. The van der Waals surface area contributed by atoms with E-state index in [4.69, 9.17) is 4.42 Å². The molecule has 1 heterocycles. The van der Waals surface area contributed by atoms with Gasteiger partial charge < -0.3 is 14.8 Å². The number of oxazole rings is 1. The molecule has 1 aromatic heterocycles. The first-order valence-electron chi connectivity index (χ1n) is 8.19. The number of benzene rings is 1. The molecule has 0 radical (unpaired) electrons. The monoisotopic (exact) mass is 312 g/mol. The third-order valence-electron chi connectivity index (χ3n) is 4.82. The second-order valence-corrected chi connectivity index (χ2v) is 6.59. The van der Waals surface area contributed by atoms with Crippen LogP contribution in [0.15, 0.2) is 41.1 Å². The van der Waals surface area contributed by atoms with Crippen LogP contribution in [0.3, 0.4) is 0 Å².